The third-order valence-corrected chi connectivity index (χ3v) is 3.60. The summed E-state index contributed by atoms with van der Waals surface area (Å²) in [5.41, 5.74) is 2.36. The molecular formula is C14H15ClN4O2. The number of rotatable bonds is 4. The molecule has 2 heterocycles. The summed E-state index contributed by atoms with van der Waals surface area (Å²) < 4.78 is 12.4. The van der Waals surface area contributed by atoms with Crippen LogP contribution >= 0.6 is 11.6 Å². The second kappa shape index (κ2) is 5.29. The minimum absolute atomic E-state index is 0.513. The fraction of sp³-hybridized carbons (Fsp3) is 0.286. The Kier molecular flexibility index (Phi) is 3.47. The van der Waals surface area contributed by atoms with E-state index in [0.717, 1.165) is 17.7 Å². The highest BCUT2D eigenvalue weighted by Gasteiger charge is 2.18. The fourth-order valence-corrected chi connectivity index (χ4v) is 2.55. The van der Waals surface area contributed by atoms with E-state index in [1.54, 1.807) is 32.5 Å². The second-order valence-corrected chi connectivity index (χ2v) is 4.88. The van der Waals surface area contributed by atoms with Gasteiger partial charge in [-0.3, -0.25) is 0 Å². The molecule has 0 atom stereocenters. The number of imidazole rings is 1. The van der Waals surface area contributed by atoms with Crippen molar-refractivity contribution in [2.45, 2.75) is 13.5 Å². The van der Waals surface area contributed by atoms with Crippen molar-refractivity contribution in [1.29, 1.82) is 0 Å². The lowest BCUT2D eigenvalue weighted by Crippen LogP contribution is -1.97. The highest BCUT2D eigenvalue weighted by Crippen LogP contribution is 2.39. The highest BCUT2D eigenvalue weighted by atomic mass is 35.5. The molecule has 6 nitrogen and oxygen atoms in total. The average molecular weight is 307 g/mol. The Bertz CT molecular complexity index is 794. The van der Waals surface area contributed by atoms with Crippen LogP contribution in [0.1, 0.15) is 6.92 Å². The number of nitrogens with one attached hydrogen (secondary N) is 1. The van der Waals surface area contributed by atoms with Crippen molar-refractivity contribution in [2.75, 3.05) is 14.2 Å². The Morgan fingerprint density at radius 1 is 1.29 bits per heavy atom. The van der Waals surface area contributed by atoms with Gasteiger partial charge in [0, 0.05) is 12.6 Å². The zero-order chi connectivity index (χ0) is 15.0. The molecule has 1 N–H and O–H groups in total. The molecule has 0 saturated heterocycles. The first-order valence-corrected chi connectivity index (χ1v) is 6.89. The normalized spacial score (nSPS) is 11.0. The largest absolute Gasteiger partial charge is 0.497 e. The molecule has 1 aromatic carbocycles. The van der Waals surface area contributed by atoms with Crippen LogP contribution in [0.4, 0.5) is 0 Å². The maximum absolute atomic E-state index is 6.35. The Hall–Kier alpha value is -2.21. The third kappa shape index (κ3) is 2.21. The number of hydrogen-bond acceptors (Lipinski definition) is 4. The van der Waals surface area contributed by atoms with Crippen LogP contribution in [0.5, 0.6) is 11.5 Å². The lowest BCUT2D eigenvalue weighted by Gasteiger charge is -2.10. The summed E-state index contributed by atoms with van der Waals surface area (Å²) in [4.78, 5) is 7.80. The van der Waals surface area contributed by atoms with Crippen molar-refractivity contribution in [3.63, 3.8) is 0 Å². The van der Waals surface area contributed by atoms with Gasteiger partial charge in [-0.1, -0.05) is 11.6 Å². The predicted molar refractivity (Wildman–Crippen MR) is 81.1 cm³/mol. The minimum Gasteiger partial charge on any atom is -0.497 e. The number of aromatic amines is 1. The standard InChI is InChI=1S/C14H15ClN4O2/c1-4-19-14-10(7-16-19)17-13(18-14)12-9(15)5-8(20-2)6-11(12)21-3/h5-7H,4H2,1-3H3,(H,17,18). The van der Waals surface area contributed by atoms with E-state index in [0.29, 0.717) is 27.9 Å². The molecule has 21 heavy (non-hydrogen) atoms. The number of aryl methyl sites for hydroxylation is 1. The van der Waals surface area contributed by atoms with E-state index in [4.69, 9.17) is 21.1 Å². The lowest BCUT2D eigenvalue weighted by molar-refractivity contribution is 0.395. The smallest absolute Gasteiger partial charge is 0.176 e. The molecule has 0 bridgehead atoms. The molecule has 3 aromatic rings. The molecular weight excluding hydrogens is 292 g/mol. The van der Waals surface area contributed by atoms with Crippen LogP contribution in [-0.2, 0) is 6.54 Å². The van der Waals surface area contributed by atoms with Crippen molar-refractivity contribution in [2.24, 2.45) is 0 Å². The van der Waals surface area contributed by atoms with E-state index < -0.39 is 0 Å². The van der Waals surface area contributed by atoms with Crippen LogP contribution < -0.4 is 9.47 Å². The average Bonchev–Trinajstić information content (AvgIpc) is 3.05. The summed E-state index contributed by atoms with van der Waals surface area (Å²) in [5.74, 6) is 1.89. The Balaban J connectivity index is 2.19. The number of H-pyrrole nitrogens is 1. The molecule has 2 aromatic heterocycles. The molecule has 0 spiro atoms. The third-order valence-electron chi connectivity index (χ3n) is 3.30. The maximum Gasteiger partial charge on any atom is 0.176 e. The molecule has 0 amide bonds. The molecule has 0 aliphatic rings. The van der Waals surface area contributed by atoms with E-state index in [9.17, 15) is 0 Å². The van der Waals surface area contributed by atoms with Gasteiger partial charge in [-0.05, 0) is 13.0 Å². The van der Waals surface area contributed by atoms with Crippen molar-refractivity contribution in [3.8, 4) is 22.9 Å². The van der Waals surface area contributed by atoms with Crippen LogP contribution in [0.3, 0.4) is 0 Å². The Morgan fingerprint density at radius 3 is 2.76 bits per heavy atom. The molecule has 110 valence electrons. The van der Waals surface area contributed by atoms with Crippen LogP contribution in [0.15, 0.2) is 18.3 Å². The van der Waals surface area contributed by atoms with Crippen LogP contribution in [0.25, 0.3) is 22.6 Å². The van der Waals surface area contributed by atoms with Crippen molar-refractivity contribution >= 4 is 22.8 Å². The lowest BCUT2D eigenvalue weighted by atomic mass is 10.1. The van der Waals surface area contributed by atoms with Crippen LogP contribution in [0, 0.1) is 0 Å². The Labute approximate surface area is 126 Å². The number of benzene rings is 1. The van der Waals surface area contributed by atoms with E-state index in [1.165, 1.54) is 0 Å². The number of methoxy groups -OCH3 is 2. The van der Waals surface area contributed by atoms with Crippen LogP contribution in [0.2, 0.25) is 5.02 Å². The number of aromatic nitrogens is 4. The van der Waals surface area contributed by atoms with Gasteiger partial charge in [0.2, 0.25) is 0 Å². The van der Waals surface area contributed by atoms with Gasteiger partial charge in [-0.15, -0.1) is 0 Å². The van der Waals surface area contributed by atoms with Gasteiger partial charge in [0.15, 0.2) is 5.65 Å². The zero-order valence-corrected chi connectivity index (χ0v) is 12.7. The minimum atomic E-state index is 0.513. The van der Waals surface area contributed by atoms with Crippen molar-refractivity contribution in [1.82, 2.24) is 19.7 Å². The molecule has 3 rings (SSSR count). The van der Waals surface area contributed by atoms with Gasteiger partial charge in [-0.25, -0.2) is 9.67 Å². The zero-order valence-electron chi connectivity index (χ0n) is 12.0. The molecule has 0 fully saturated rings. The number of fused-ring (bicyclic) bond motifs is 1. The summed E-state index contributed by atoms with van der Waals surface area (Å²) in [6, 6.07) is 3.51. The van der Waals surface area contributed by atoms with Gasteiger partial charge < -0.3 is 14.5 Å². The number of halogens is 1. The van der Waals surface area contributed by atoms with Crippen LogP contribution in [-0.4, -0.2) is 34.0 Å². The van der Waals surface area contributed by atoms with E-state index in [1.807, 2.05) is 11.6 Å². The summed E-state index contributed by atoms with van der Waals surface area (Å²) in [5, 5.41) is 4.75. The van der Waals surface area contributed by atoms with E-state index in [2.05, 4.69) is 15.1 Å². The summed E-state index contributed by atoms with van der Waals surface area (Å²) >= 11 is 6.35. The van der Waals surface area contributed by atoms with Gasteiger partial charge in [0.1, 0.15) is 22.8 Å². The molecule has 0 aliphatic heterocycles. The van der Waals surface area contributed by atoms with E-state index >= 15 is 0 Å². The van der Waals surface area contributed by atoms with Crippen molar-refractivity contribution < 1.29 is 9.47 Å². The molecule has 0 unspecified atom stereocenters. The number of ether oxygens (including phenoxy) is 2. The molecule has 0 saturated carbocycles. The number of nitrogens with zero attached hydrogens (tertiary/aromatic N) is 3. The first-order chi connectivity index (χ1) is 10.2. The first kappa shape index (κ1) is 13.8. The second-order valence-electron chi connectivity index (χ2n) is 4.47. The van der Waals surface area contributed by atoms with Crippen molar-refractivity contribution in [3.05, 3.63) is 23.4 Å². The monoisotopic (exact) mass is 306 g/mol. The predicted octanol–water partition coefficient (Wildman–Crippen LogP) is 3.12. The summed E-state index contributed by atoms with van der Waals surface area (Å²) in [6.45, 7) is 2.77. The summed E-state index contributed by atoms with van der Waals surface area (Å²) in [7, 11) is 3.17. The highest BCUT2D eigenvalue weighted by molar-refractivity contribution is 6.33. The molecule has 0 radical (unpaired) electrons. The van der Waals surface area contributed by atoms with Gasteiger partial charge in [-0.2, -0.15) is 5.10 Å². The van der Waals surface area contributed by atoms with Gasteiger partial charge in [0.25, 0.3) is 0 Å². The molecule has 0 aliphatic carbocycles. The summed E-state index contributed by atoms with van der Waals surface area (Å²) in [6.07, 6.45) is 1.75. The maximum atomic E-state index is 6.35. The van der Waals surface area contributed by atoms with E-state index in [-0.39, 0.29) is 0 Å². The molecule has 7 heteroatoms. The number of hydrogen-bond donors (Lipinski definition) is 1. The quantitative estimate of drug-likeness (QED) is 0.804. The van der Waals surface area contributed by atoms with Gasteiger partial charge in [0.05, 0.1) is 31.0 Å². The Morgan fingerprint density at radius 2 is 2.10 bits per heavy atom. The van der Waals surface area contributed by atoms with Gasteiger partial charge >= 0.3 is 0 Å². The topological polar surface area (TPSA) is 65.0 Å². The fourth-order valence-electron chi connectivity index (χ4n) is 2.26. The first-order valence-electron chi connectivity index (χ1n) is 6.51. The SMILES string of the molecule is CCn1ncc2[nH]c(-c3c(Cl)cc(OC)cc3OC)nc21.